The van der Waals surface area contributed by atoms with Crippen molar-refractivity contribution < 1.29 is 0 Å². The molecule has 8 heavy (non-hydrogen) atoms. The maximum absolute atomic E-state index is 8.26. The number of hydrogen-bond acceptors (Lipinski definition) is 2. The van der Waals surface area contributed by atoms with Crippen molar-refractivity contribution in [3.05, 3.63) is 0 Å². The minimum Gasteiger partial charge on any atom is -0.313 e. The van der Waals surface area contributed by atoms with E-state index in [1.165, 1.54) is 0 Å². The first-order valence-electron chi connectivity index (χ1n) is 2.39. The number of nitrogens with zero attached hydrogens (tertiary/aromatic N) is 1. The van der Waals surface area contributed by atoms with Crippen LogP contribution in [-0.2, 0) is 0 Å². The first-order valence-corrected chi connectivity index (χ1v) is 2.39. The van der Waals surface area contributed by atoms with E-state index in [2.05, 4.69) is 0 Å². The third kappa shape index (κ3) is 0.936. The zero-order chi connectivity index (χ0) is 5.49. The predicted octanol–water partition coefficient (Wildman–Crippen LogP) is 0.669. The van der Waals surface area contributed by atoms with Crippen molar-refractivity contribution in [2.24, 2.45) is 11.7 Å². The molecule has 0 spiro atoms. The molecule has 0 unspecified atom stereocenters. The highest BCUT2D eigenvalue weighted by atomic mass is 35.5. The molecule has 0 aromatic rings. The topological polar surface area (TPSA) is 49.8 Å². The molecule has 0 radical (unpaired) electrons. The van der Waals surface area contributed by atoms with E-state index in [1.54, 1.807) is 0 Å². The summed E-state index contributed by atoms with van der Waals surface area (Å²) in [5.41, 5.74) is 4.98. The Balaban J connectivity index is 0.000000490. The lowest BCUT2D eigenvalue weighted by Gasteiger charge is -1.89. The van der Waals surface area contributed by atoms with Crippen LogP contribution in [0.5, 0.6) is 0 Å². The minimum atomic E-state index is -0.444. The van der Waals surface area contributed by atoms with E-state index in [0.29, 0.717) is 5.92 Å². The molecule has 0 aliphatic heterocycles. The highest BCUT2D eigenvalue weighted by Gasteiger charge is 2.48. The Hall–Kier alpha value is -0.260. The van der Waals surface area contributed by atoms with Crippen molar-refractivity contribution in [1.82, 2.24) is 0 Å². The molecule has 0 aromatic carbocycles. The minimum absolute atomic E-state index is 0. The maximum Gasteiger partial charge on any atom is 0.107 e. The molecular formula is C5H9ClN2. The standard InChI is InChI=1S/C5H8N2.ClH/c1-4-2-5(4,7)3-6;/h4H,2,7H2,1H3;1H/t4-,5-;/m1./s1. The van der Waals surface area contributed by atoms with Crippen molar-refractivity contribution in [2.45, 2.75) is 18.9 Å². The number of nitriles is 1. The van der Waals surface area contributed by atoms with Crippen molar-refractivity contribution in [2.75, 3.05) is 0 Å². The highest BCUT2D eigenvalue weighted by molar-refractivity contribution is 5.85. The molecule has 1 aliphatic rings. The Labute approximate surface area is 55.1 Å². The molecule has 2 N–H and O–H groups in total. The average molecular weight is 133 g/mol. The van der Waals surface area contributed by atoms with Gasteiger partial charge in [-0.1, -0.05) is 6.92 Å². The smallest absolute Gasteiger partial charge is 0.107 e. The lowest BCUT2D eigenvalue weighted by atomic mass is 10.3. The van der Waals surface area contributed by atoms with Crippen LogP contribution in [0.2, 0.25) is 0 Å². The van der Waals surface area contributed by atoms with E-state index in [-0.39, 0.29) is 12.4 Å². The summed E-state index contributed by atoms with van der Waals surface area (Å²) < 4.78 is 0. The second kappa shape index (κ2) is 1.93. The van der Waals surface area contributed by atoms with Gasteiger partial charge in [-0.25, -0.2) is 0 Å². The first kappa shape index (κ1) is 7.74. The Morgan fingerprint density at radius 2 is 2.25 bits per heavy atom. The van der Waals surface area contributed by atoms with Crippen LogP contribution in [0.25, 0.3) is 0 Å². The van der Waals surface area contributed by atoms with Crippen LogP contribution < -0.4 is 5.73 Å². The van der Waals surface area contributed by atoms with Crippen LogP contribution in [0.3, 0.4) is 0 Å². The van der Waals surface area contributed by atoms with Crippen molar-refractivity contribution in [3.63, 3.8) is 0 Å². The van der Waals surface area contributed by atoms with Crippen LogP contribution in [0.15, 0.2) is 0 Å². The summed E-state index contributed by atoms with van der Waals surface area (Å²) in [5, 5.41) is 8.26. The molecule has 46 valence electrons. The lowest BCUT2D eigenvalue weighted by Crippen LogP contribution is -2.20. The molecule has 1 aliphatic carbocycles. The second-order valence-corrected chi connectivity index (χ2v) is 2.26. The quantitative estimate of drug-likeness (QED) is 0.527. The van der Waals surface area contributed by atoms with Crippen LogP contribution in [-0.4, -0.2) is 5.54 Å². The van der Waals surface area contributed by atoms with Crippen LogP contribution in [0.1, 0.15) is 13.3 Å². The van der Waals surface area contributed by atoms with Gasteiger partial charge in [-0.2, -0.15) is 5.26 Å². The summed E-state index contributed by atoms with van der Waals surface area (Å²) in [7, 11) is 0. The molecule has 0 saturated heterocycles. The van der Waals surface area contributed by atoms with Crippen molar-refractivity contribution in [3.8, 4) is 6.07 Å². The molecule has 0 amide bonds. The summed E-state index contributed by atoms with van der Waals surface area (Å²) in [4.78, 5) is 0. The fraction of sp³-hybridized carbons (Fsp3) is 0.800. The Morgan fingerprint density at radius 3 is 2.25 bits per heavy atom. The maximum atomic E-state index is 8.26. The number of rotatable bonds is 0. The van der Waals surface area contributed by atoms with Gasteiger partial charge < -0.3 is 5.73 Å². The highest BCUT2D eigenvalue weighted by Crippen LogP contribution is 2.39. The van der Waals surface area contributed by atoms with E-state index in [1.807, 2.05) is 13.0 Å². The molecule has 1 saturated carbocycles. The third-order valence-electron chi connectivity index (χ3n) is 1.57. The molecule has 2 nitrogen and oxygen atoms in total. The van der Waals surface area contributed by atoms with Gasteiger partial charge in [0.25, 0.3) is 0 Å². The van der Waals surface area contributed by atoms with E-state index >= 15 is 0 Å². The molecule has 1 rings (SSSR count). The van der Waals surface area contributed by atoms with E-state index in [9.17, 15) is 0 Å². The van der Waals surface area contributed by atoms with Gasteiger partial charge >= 0.3 is 0 Å². The fourth-order valence-electron chi connectivity index (χ4n) is 0.604. The summed E-state index contributed by atoms with van der Waals surface area (Å²) >= 11 is 0. The van der Waals surface area contributed by atoms with Gasteiger partial charge in [0.2, 0.25) is 0 Å². The molecule has 2 atom stereocenters. The first-order chi connectivity index (χ1) is 3.19. The SMILES string of the molecule is C[C@@H]1C[C@@]1(N)C#N.Cl. The monoisotopic (exact) mass is 132 g/mol. The average Bonchev–Trinajstić information content (AvgIpc) is 2.18. The van der Waals surface area contributed by atoms with Crippen molar-refractivity contribution in [1.29, 1.82) is 5.26 Å². The van der Waals surface area contributed by atoms with Gasteiger partial charge in [0, 0.05) is 0 Å². The van der Waals surface area contributed by atoms with E-state index in [0.717, 1.165) is 6.42 Å². The molecule has 3 heteroatoms. The summed E-state index contributed by atoms with van der Waals surface area (Å²) in [6, 6.07) is 2.04. The lowest BCUT2D eigenvalue weighted by molar-refractivity contribution is 0.771. The molecule has 1 fully saturated rings. The molecule has 0 aromatic heterocycles. The Kier molecular flexibility index (Phi) is 1.86. The second-order valence-electron chi connectivity index (χ2n) is 2.26. The largest absolute Gasteiger partial charge is 0.313 e. The number of hydrogen-bond donors (Lipinski definition) is 1. The summed E-state index contributed by atoms with van der Waals surface area (Å²) in [6.07, 6.45) is 0.878. The summed E-state index contributed by atoms with van der Waals surface area (Å²) in [5.74, 6) is 0.428. The zero-order valence-corrected chi connectivity index (χ0v) is 5.53. The van der Waals surface area contributed by atoms with Crippen LogP contribution in [0.4, 0.5) is 0 Å². The summed E-state index contributed by atoms with van der Waals surface area (Å²) in [6.45, 7) is 1.99. The Morgan fingerprint density at radius 1 is 1.88 bits per heavy atom. The van der Waals surface area contributed by atoms with Gasteiger partial charge in [-0.15, -0.1) is 12.4 Å². The van der Waals surface area contributed by atoms with Gasteiger partial charge in [0.15, 0.2) is 0 Å². The van der Waals surface area contributed by atoms with Crippen LogP contribution in [0, 0.1) is 17.2 Å². The van der Waals surface area contributed by atoms with Gasteiger partial charge in [0.1, 0.15) is 5.54 Å². The fourth-order valence-corrected chi connectivity index (χ4v) is 0.604. The molecule has 0 bridgehead atoms. The third-order valence-corrected chi connectivity index (χ3v) is 1.57. The van der Waals surface area contributed by atoms with Crippen LogP contribution >= 0.6 is 12.4 Å². The molecule has 0 heterocycles. The predicted molar refractivity (Wildman–Crippen MR) is 33.6 cm³/mol. The van der Waals surface area contributed by atoms with Gasteiger partial charge in [0.05, 0.1) is 6.07 Å². The van der Waals surface area contributed by atoms with E-state index in [4.69, 9.17) is 11.0 Å². The van der Waals surface area contributed by atoms with Crippen molar-refractivity contribution >= 4 is 12.4 Å². The normalized spacial score (nSPS) is 41.9. The number of nitrogens with two attached hydrogens (primary N) is 1. The molecular weight excluding hydrogens is 124 g/mol. The zero-order valence-electron chi connectivity index (χ0n) is 4.72. The van der Waals surface area contributed by atoms with Gasteiger partial charge in [-0.3, -0.25) is 0 Å². The number of halogens is 1. The van der Waals surface area contributed by atoms with E-state index < -0.39 is 5.54 Å². The Bertz CT molecular complexity index is 129. The van der Waals surface area contributed by atoms with Gasteiger partial charge in [-0.05, 0) is 12.3 Å².